The monoisotopic (exact) mass is 416 g/mol. The molecule has 0 aromatic heterocycles. The highest BCUT2D eigenvalue weighted by molar-refractivity contribution is 9.10. The summed E-state index contributed by atoms with van der Waals surface area (Å²) in [6, 6.07) is 10.4. The van der Waals surface area contributed by atoms with Gasteiger partial charge < -0.3 is 4.74 Å². The van der Waals surface area contributed by atoms with Crippen molar-refractivity contribution < 1.29 is 9.53 Å². The van der Waals surface area contributed by atoms with Gasteiger partial charge in [0.15, 0.2) is 5.78 Å². The van der Waals surface area contributed by atoms with Crippen LogP contribution in [0.4, 0.5) is 0 Å². The minimum atomic E-state index is -0.0638. The van der Waals surface area contributed by atoms with E-state index in [-0.39, 0.29) is 5.78 Å². The maximum absolute atomic E-state index is 12.4. The minimum absolute atomic E-state index is 0.0638. The maximum atomic E-state index is 12.4. The summed E-state index contributed by atoms with van der Waals surface area (Å²) < 4.78 is 6.89. The molecule has 2 aromatic rings. The molecule has 104 valence electrons. The van der Waals surface area contributed by atoms with Crippen LogP contribution in [0.5, 0.6) is 5.75 Å². The molecule has 0 aliphatic heterocycles. The Morgan fingerprint density at radius 3 is 2.25 bits per heavy atom. The number of halogens is 3. The summed E-state index contributed by atoms with van der Waals surface area (Å²) in [7, 11) is 0. The molecule has 0 saturated carbocycles. The first kappa shape index (κ1) is 15.5. The van der Waals surface area contributed by atoms with Crippen LogP contribution in [0.2, 0.25) is 5.02 Å². The minimum Gasteiger partial charge on any atom is -0.493 e. The molecule has 20 heavy (non-hydrogen) atoms. The van der Waals surface area contributed by atoms with Gasteiger partial charge in [-0.1, -0.05) is 11.6 Å². The number of benzene rings is 2. The lowest BCUT2D eigenvalue weighted by Crippen LogP contribution is -2.02. The Morgan fingerprint density at radius 1 is 1.10 bits per heavy atom. The lowest BCUT2D eigenvalue weighted by Gasteiger charge is -2.08. The molecule has 0 aliphatic carbocycles. The largest absolute Gasteiger partial charge is 0.493 e. The van der Waals surface area contributed by atoms with Crippen molar-refractivity contribution >= 4 is 49.2 Å². The number of hydrogen-bond donors (Lipinski definition) is 0. The Labute approximate surface area is 139 Å². The van der Waals surface area contributed by atoms with Gasteiger partial charge in [0.2, 0.25) is 0 Å². The highest BCUT2D eigenvalue weighted by Gasteiger charge is 2.12. The van der Waals surface area contributed by atoms with E-state index in [2.05, 4.69) is 31.9 Å². The van der Waals surface area contributed by atoms with Gasteiger partial charge in [0.05, 0.1) is 16.1 Å². The summed E-state index contributed by atoms with van der Waals surface area (Å²) in [5.74, 6) is 0.660. The molecule has 0 fully saturated rings. The molecule has 2 nitrogen and oxygen atoms in total. The van der Waals surface area contributed by atoms with Crippen LogP contribution in [-0.2, 0) is 0 Å². The van der Waals surface area contributed by atoms with Crippen LogP contribution in [0.15, 0.2) is 45.3 Å². The lowest BCUT2D eigenvalue weighted by molar-refractivity contribution is 0.103. The molecule has 0 spiro atoms. The second-order valence-corrected chi connectivity index (χ2v) is 6.15. The average Bonchev–Trinajstić information content (AvgIpc) is 2.43. The van der Waals surface area contributed by atoms with E-state index in [9.17, 15) is 4.79 Å². The van der Waals surface area contributed by atoms with Gasteiger partial charge in [-0.3, -0.25) is 4.79 Å². The zero-order chi connectivity index (χ0) is 14.7. The molecule has 5 heteroatoms. The molecular formula is C15H11Br2ClO2. The summed E-state index contributed by atoms with van der Waals surface area (Å²) >= 11 is 12.7. The third-order valence-electron chi connectivity index (χ3n) is 2.68. The predicted molar refractivity (Wildman–Crippen MR) is 87.9 cm³/mol. The summed E-state index contributed by atoms with van der Waals surface area (Å²) in [4.78, 5) is 12.4. The SMILES string of the molecule is CCOc1ccc(C(=O)c2ccc(Cl)c(Br)c2)cc1Br. The van der Waals surface area contributed by atoms with Crippen LogP contribution >= 0.6 is 43.5 Å². The van der Waals surface area contributed by atoms with Crippen molar-refractivity contribution in [2.75, 3.05) is 6.61 Å². The maximum Gasteiger partial charge on any atom is 0.193 e. The number of rotatable bonds is 4. The van der Waals surface area contributed by atoms with Crippen molar-refractivity contribution in [1.82, 2.24) is 0 Å². The van der Waals surface area contributed by atoms with Gasteiger partial charge in [-0.25, -0.2) is 0 Å². The molecule has 2 aromatic carbocycles. The van der Waals surface area contributed by atoms with Crippen LogP contribution < -0.4 is 4.74 Å². The van der Waals surface area contributed by atoms with Gasteiger partial charge in [0.1, 0.15) is 5.75 Å². The highest BCUT2D eigenvalue weighted by atomic mass is 79.9. The Morgan fingerprint density at radius 2 is 1.70 bits per heavy atom. The zero-order valence-electron chi connectivity index (χ0n) is 10.6. The van der Waals surface area contributed by atoms with E-state index in [4.69, 9.17) is 16.3 Å². The second kappa shape index (κ2) is 6.74. The zero-order valence-corrected chi connectivity index (χ0v) is 14.5. The van der Waals surface area contributed by atoms with E-state index in [1.165, 1.54) is 0 Å². The molecule has 0 N–H and O–H groups in total. The smallest absolute Gasteiger partial charge is 0.193 e. The van der Waals surface area contributed by atoms with Crippen LogP contribution in [0.25, 0.3) is 0 Å². The van der Waals surface area contributed by atoms with E-state index in [0.717, 1.165) is 10.2 Å². The Bertz CT molecular complexity index is 656. The average molecular weight is 419 g/mol. The number of ketones is 1. The van der Waals surface area contributed by atoms with Gasteiger partial charge >= 0.3 is 0 Å². The van der Waals surface area contributed by atoms with Gasteiger partial charge in [-0.2, -0.15) is 0 Å². The van der Waals surface area contributed by atoms with E-state index >= 15 is 0 Å². The molecular weight excluding hydrogens is 407 g/mol. The third kappa shape index (κ3) is 3.43. The molecule has 0 bridgehead atoms. The lowest BCUT2D eigenvalue weighted by atomic mass is 10.0. The summed E-state index contributed by atoms with van der Waals surface area (Å²) in [6.45, 7) is 2.49. The first-order chi connectivity index (χ1) is 9.52. The topological polar surface area (TPSA) is 26.3 Å². The van der Waals surface area contributed by atoms with Crippen molar-refractivity contribution in [2.45, 2.75) is 6.92 Å². The fraction of sp³-hybridized carbons (Fsp3) is 0.133. The highest BCUT2D eigenvalue weighted by Crippen LogP contribution is 2.28. The van der Waals surface area contributed by atoms with E-state index in [1.54, 1.807) is 36.4 Å². The predicted octanol–water partition coefficient (Wildman–Crippen LogP) is 5.49. The van der Waals surface area contributed by atoms with Gasteiger partial charge in [-0.05, 0) is 75.2 Å². The fourth-order valence-electron chi connectivity index (χ4n) is 1.72. The number of ether oxygens (including phenoxy) is 1. The Kier molecular flexibility index (Phi) is 5.24. The van der Waals surface area contributed by atoms with Crippen molar-refractivity contribution in [1.29, 1.82) is 0 Å². The first-order valence-corrected chi connectivity index (χ1v) is 7.91. The molecule has 0 aliphatic rings. The number of carbonyl (C=O) groups excluding carboxylic acids is 1. The van der Waals surface area contributed by atoms with Crippen molar-refractivity contribution in [3.63, 3.8) is 0 Å². The Hall–Kier alpha value is -0.840. The summed E-state index contributed by atoms with van der Waals surface area (Å²) in [6.07, 6.45) is 0. The third-order valence-corrected chi connectivity index (χ3v) is 4.51. The van der Waals surface area contributed by atoms with Crippen LogP contribution in [0, 0.1) is 0 Å². The molecule has 2 rings (SSSR count). The van der Waals surface area contributed by atoms with Crippen molar-refractivity contribution in [2.24, 2.45) is 0 Å². The van der Waals surface area contributed by atoms with Crippen molar-refractivity contribution in [3.8, 4) is 5.75 Å². The normalized spacial score (nSPS) is 10.4. The van der Waals surface area contributed by atoms with Crippen LogP contribution in [-0.4, -0.2) is 12.4 Å². The molecule has 0 heterocycles. The molecule has 0 radical (unpaired) electrons. The van der Waals surface area contributed by atoms with Crippen LogP contribution in [0.3, 0.4) is 0 Å². The van der Waals surface area contributed by atoms with E-state index in [1.807, 2.05) is 6.92 Å². The number of carbonyl (C=O) groups is 1. The summed E-state index contributed by atoms with van der Waals surface area (Å²) in [5.41, 5.74) is 1.17. The fourth-order valence-corrected chi connectivity index (χ4v) is 2.71. The second-order valence-electron chi connectivity index (χ2n) is 4.04. The van der Waals surface area contributed by atoms with Gasteiger partial charge in [-0.15, -0.1) is 0 Å². The summed E-state index contributed by atoms with van der Waals surface area (Å²) in [5, 5.41) is 0.578. The van der Waals surface area contributed by atoms with E-state index < -0.39 is 0 Å². The number of hydrogen-bond acceptors (Lipinski definition) is 2. The van der Waals surface area contributed by atoms with Crippen molar-refractivity contribution in [3.05, 3.63) is 61.5 Å². The van der Waals surface area contributed by atoms with E-state index in [0.29, 0.717) is 27.2 Å². The molecule has 0 atom stereocenters. The molecule has 0 amide bonds. The first-order valence-electron chi connectivity index (χ1n) is 5.95. The molecule has 0 unspecified atom stereocenters. The molecule has 0 saturated heterocycles. The van der Waals surface area contributed by atoms with Gasteiger partial charge in [0.25, 0.3) is 0 Å². The standard InChI is InChI=1S/C15H11Br2ClO2/c1-2-20-14-6-4-10(8-12(14)17)15(19)9-3-5-13(18)11(16)7-9/h3-8H,2H2,1H3. The Balaban J connectivity index is 2.33. The quantitative estimate of drug-likeness (QED) is 0.614. The van der Waals surface area contributed by atoms with Gasteiger partial charge in [0, 0.05) is 15.6 Å². The van der Waals surface area contributed by atoms with Crippen LogP contribution in [0.1, 0.15) is 22.8 Å².